The smallest absolute Gasteiger partial charge is 0.0822 e. The van der Waals surface area contributed by atoms with Gasteiger partial charge in [0.15, 0.2) is 0 Å². The molecule has 0 aliphatic carbocycles. The van der Waals surface area contributed by atoms with Crippen LogP contribution in [0, 0.1) is 0 Å². The molecule has 0 atom stereocenters. The summed E-state index contributed by atoms with van der Waals surface area (Å²) < 4.78 is 22.0. The molecule has 0 amide bonds. The van der Waals surface area contributed by atoms with Crippen LogP contribution in [0.25, 0.3) is 76.1 Å². The normalized spacial score (nSPS) is 13.9. The number of hydrogen-bond donors (Lipinski definition) is 0. The zero-order valence-electron chi connectivity index (χ0n) is 19.0. The average Bonchev–Trinajstić information content (AvgIpc) is 3.56. The van der Waals surface area contributed by atoms with Crippen molar-refractivity contribution in [2.45, 2.75) is 0 Å². The first-order valence-corrected chi connectivity index (χ1v) is 11.0. The summed E-state index contributed by atoms with van der Waals surface area (Å²) >= 11 is 0. The van der Waals surface area contributed by atoms with Crippen molar-refractivity contribution in [3.8, 4) is 0 Å². The van der Waals surface area contributed by atoms with Gasteiger partial charge in [0.2, 0.25) is 0 Å². The van der Waals surface area contributed by atoms with E-state index in [1.165, 1.54) is 38.1 Å². The first kappa shape index (κ1) is 13.9. The van der Waals surface area contributed by atoms with Crippen LogP contribution in [0.2, 0.25) is 0 Å². The lowest BCUT2D eigenvalue weighted by atomic mass is 10.0. The number of para-hydroxylation sites is 2. The van der Waals surface area contributed by atoms with E-state index in [1.54, 1.807) is 0 Å². The average molecular weight is 406 g/mol. The predicted octanol–water partition coefficient (Wildman–Crippen LogP) is 7.99. The molecule has 0 saturated heterocycles. The zero-order valence-corrected chi connectivity index (χ0v) is 17.0. The SMILES string of the molecule is [2H]c1c([2H])n2c3cc4c5cccc6c7ccccc7n(c4cc3c3cc4ccccc4c1c32)c65. The minimum atomic E-state index is 0.257. The summed E-state index contributed by atoms with van der Waals surface area (Å²) in [5.74, 6) is 0. The molecule has 0 fully saturated rings. The summed E-state index contributed by atoms with van der Waals surface area (Å²) in [6, 6.07) is 30.5. The maximum Gasteiger partial charge on any atom is 0.0822 e. The molecule has 4 heterocycles. The van der Waals surface area contributed by atoms with Crippen molar-refractivity contribution in [1.29, 1.82) is 0 Å². The number of nitrogens with zero attached hydrogens (tertiary/aromatic N) is 2. The van der Waals surface area contributed by atoms with Gasteiger partial charge < -0.3 is 8.80 Å². The summed E-state index contributed by atoms with van der Waals surface area (Å²) in [5, 5.41) is 10.3. The number of fused-ring (bicyclic) bond motifs is 11. The zero-order chi connectivity index (χ0) is 22.3. The second kappa shape index (κ2) is 4.95. The second-order valence-electron chi connectivity index (χ2n) is 8.88. The van der Waals surface area contributed by atoms with E-state index in [0.717, 1.165) is 38.0 Å². The number of benzene rings is 5. The fourth-order valence-electron chi connectivity index (χ4n) is 6.11. The first-order valence-electron chi connectivity index (χ1n) is 12.0. The van der Waals surface area contributed by atoms with Crippen molar-refractivity contribution >= 4 is 76.1 Å². The first-order chi connectivity index (χ1) is 16.7. The Morgan fingerprint density at radius 2 is 1.22 bits per heavy atom. The molecule has 0 radical (unpaired) electrons. The molecule has 0 unspecified atom stereocenters. The van der Waals surface area contributed by atoms with Crippen LogP contribution in [0.3, 0.4) is 0 Å². The molecule has 4 aromatic heterocycles. The highest BCUT2D eigenvalue weighted by molar-refractivity contribution is 6.28. The van der Waals surface area contributed by atoms with Crippen molar-refractivity contribution in [3.05, 3.63) is 97.1 Å². The number of rotatable bonds is 0. The Bertz CT molecular complexity index is 2300. The molecule has 9 rings (SSSR count). The van der Waals surface area contributed by atoms with Crippen LogP contribution in [0.1, 0.15) is 2.74 Å². The van der Waals surface area contributed by atoms with Gasteiger partial charge in [-0.25, -0.2) is 0 Å². The molecule has 0 aliphatic rings. The third kappa shape index (κ3) is 1.55. The molecule has 0 bridgehead atoms. The molecule has 2 nitrogen and oxygen atoms in total. The van der Waals surface area contributed by atoms with Crippen LogP contribution in [0.5, 0.6) is 0 Å². The molecule has 0 N–H and O–H groups in total. The van der Waals surface area contributed by atoms with E-state index in [4.69, 9.17) is 2.74 Å². The summed E-state index contributed by atoms with van der Waals surface area (Å²) in [7, 11) is 0. The predicted molar refractivity (Wildman–Crippen MR) is 136 cm³/mol. The van der Waals surface area contributed by atoms with Crippen LogP contribution in [-0.4, -0.2) is 8.80 Å². The Labute approximate surface area is 185 Å². The molecule has 0 saturated carbocycles. The van der Waals surface area contributed by atoms with E-state index in [2.05, 4.69) is 77.2 Å². The number of hydrogen-bond acceptors (Lipinski definition) is 0. The molecular weight excluding hydrogens is 388 g/mol. The minimum Gasteiger partial charge on any atom is -0.315 e. The van der Waals surface area contributed by atoms with E-state index < -0.39 is 0 Å². The minimum absolute atomic E-state index is 0.257. The van der Waals surface area contributed by atoms with Gasteiger partial charge in [-0.2, -0.15) is 0 Å². The van der Waals surface area contributed by atoms with Gasteiger partial charge in [-0.1, -0.05) is 60.7 Å². The van der Waals surface area contributed by atoms with Crippen molar-refractivity contribution in [1.82, 2.24) is 8.80 Å². The maximum absolute atomic E-state index is 8.85. The molecule has 9 aromatic rings. The van der Waals surface area contributed by atoms with E-state index >= 15 is 0 Å². The third-order valence-corrected chi connectivity index (χ3v) is 7.41. The summed E-state index contributed by atoms with van der Waals surface area (Å²) in [6.45, 7) is 0. The van der Waals surface area contributed by atoms with Gasteiger partial charge in [0.25, 0.3) is 0 Å². The second-order valence-corrected chi connectivity index (χ2v) is 8.88. The molecular formula is C30H16N2. The number of aromatic nitrogens is 2. The van der Waals surface area contributed by atoms with Gasteiger partial charge >= 0.3 is 0 Å². The largest absolute Gasteiger partial charge is 0.315 e. The highest BCUT2D eigenvalue weighted by Crippen LogP contribution is 2.43. The van der Waals surface area contributed by atoms with E-state index in [1.807, 2.05) is 16.5 Å². The standard InChI is InChI=1S/C30H16N2/c1-2-7-18-17(6-1)14-25-24-16-28-23(15-27(24)31-13-12-22(18)29(25)31)21-10-5-9-20-19-8-3-4-11-26(19)32(28)30(20)21/h1-16H/i12D,13D. The van der Waals surface area contributed by atoms with Gasteiger partial charge in [-0.3, -0.25) is 0 Å². The molecule has 5 aromatic carbocycles. The van der Waals surface area contributed by atoms with Crippen LogP contribution < -0.4 is 0 Å². The van der Waals surface area contributed by atoms with Crippen molar-refractivity contribution in [2.24, 2.45) is 0 Å². The van der Waals surface area contributed by atoms with Crippen molar-refractivity contribution in [2.75, 3.05) is 0 Å². The van der Waals surface area contributed by atoms with E-state index in [9.17, 15) is 0 Å². The summed E-state index contributed by atoms with van der Waals surface area (Å²) in [4.78, 5) is 0. The Balaban J connectivity index is 1.62. The molecule has 0 aliphatic heterocycles. The van der Waals surface area contributed by atoms with Crippen molar-refractivity contribution < 1.29 is 2.74 Å². The topological polar surface area (TPSA) is 8.82 Å². The third-order valence-electron chi connectivity index (χ3n) is 7.41. The van der Waals surface area contributed by atoms with Crippen LogP contribution in [0.4, 0.5) is 0 Å². The van der Waals surface area contributed by atoms with Gasteiger partial charge in [0.05, 0.1) is 30.3 Å². The van der Waals surface area contributed by atoms with Gasteiger partial charge in [-0.05, 0) is 41.1 Å². The van der Waals surface area contributed by atoms with Gasteiger partial charge in [0, 0.05) is 43.9 Å². The Hall–Kier alpha value is -4.30. The lowest BCUT2D eigenvalue weighted by Crippen LogP contribution is -1.81. The fraction of sp³-hybridized carbons (Fsp3) is 0. The molecule has 32 heavy (non-hydrogen) atoms. The Morgan fingerprint density at radius 1 is 0.500 bits per heavy atom. The van der Waals surface area contributed by atoms with Crippen LogP contribution >= 0.6 is 0 Å². The van der Waals surface area contributed by atoms with E-state index in [0.29, 0.717) is 6.04 Å². The Kier molecular flexibility index (Phi) is 2.15. The van der Waals surface area contributed by atoms with Gasteiger partial charge in [0.1, 0.15) is 0 Å². The quantitative estimate of drug-likeness (QED) is 0.241. The lowest BCUT2D eigenvalue weighted by molar-refractivity contribution is 1.31. The van der Waals surface area contributed by atoms with Gasteiger partial charge in [-0.15, -0.1) is 0 Å². The molecule has 146 valence electrons. The Morgan fingerprint density at radius 3 is 2.16 bits per heavy atom. The summed E-state index contributed by atoms with van der Waals surface area (Å²) in [5.41, 5.74) is 5.66. The summed E-state index contributed by atoms with van der Waals surface area (Å²) in [6.07, 6.45) is 0.257. The monoisotopic (exact) mass is 406 g/mol. The van der Waals surface area contributed by atoms with Crippen LogP contribution in [0.15, 0.2) is 97.1 Å². The van der Waals surface area contributed by atoms with Crippen molar-refractivity contribution in [3.63, 3.8) is 0 Å². The molecule has 0 spiro atoms. The van der Waals surface area contributed by atoms with Crippen LogP contribution in [-0.2, 0) is 0 Å². The fourth-order valence-corrected chi connectivity index (χ4v) is 6.11. The van der Waals surface area contributed by atoms with E-state index in [-0.39, 0.29) is 6.17 Å². The molecule has 2 heteroatoms. The maximum atomic E-state index is 8.85. The highest BCUT2D eigenvalue weighted by Gasteiger charge is 2.20. The highest BCUT2D eigenvalue weighted by atomic mass is 14.9. The lowest BCUT2D eigenvalue weighted by Gasteiger charge is -2.01.